The van der Waals surface area contributed by atoms with Crippen molar-refractivity contribution in [2.45, 2.75) is 43.4 Å². The van der Waals surface area contributed by atoms with Crippen LogP contribution in [-0.4, -0.2) is 46.0 Å². The van der Waals surface area contributed by atoms with Gasteiger partial charge in [0.15, 0.2) is 11.5 Å². The molecular formula is C27H32N2O5S. The molecular weight excluding hydrogens is 464 g/mol. The summed E-state index contributed by atoms with van der Waals surface area (Å²) < 4.78 is 40.1. The van der Waals surface area contributed by atoms with E-state index < -0.39 is 10.0 Å². The zero-order valence-corrected chi connectivity index (χ0v) is 20.9. The van der Waals surface area contributed by atoms with Gasteiger partial charge in [0.05, 0.1) is 16.1 Å². The van der Waals surface area contributed by atoms with Crippen molar-refractivity contribution in [3.63, 3.8) is 0 Å². The van der Waals surface area contributed by atoms with E-state index in [1.807, 2.05) is 11.9 Å². The van der Waals surface area contributed by atoms with Gasteiger partial charge in [-0.2, -0.15) is 0 Å². The maximum Gasteiger partial charge on any atom is 0.262 e. The summed E-state index contributed by atoms with van der Waals surface area (Å²) in [7, 11) is -2.07. The number of amides is 1. The third-order valence-electron chi connectivity index (χ3n) is 8.31. The van der Waals surface area contributed by atoms with E-state index in [-0.39, 0.29) is 21.9 Å². The minimum atomic E-state index is -3.93. The predicted octanol–water partition coefficient (Wildman–Crippen LogP) is 4.55. The summed E-state index contributed by atoms with van der Waals surface area (Å²) in [5.41, 5.74) is 0.865. The van der Waals surface area contributed by atoms with E-state index in [1.54, 1.807) is 30.3 Å². The molecule has 4 fully saturated rings. The van der Waals surface area contributed by atoms with Crippen molar-refractivity contribution in [3.05, 3.63) is 48.0 Å². The van der Waals surface area contributed by atoms with Gasteiger partial charge in [-0.3, -0.25) is 9.52 Å². The molecule has 0 spiro atoms. The number of nitrogens with zero attached hydrogens (tertiary/aromatic N) is 1. The number of benzene rings is 2. The highest BCUT2D eigenvalue weighted by atomic mass is 32.2. The molecule has 5 aliphatic rings. The van der Waals surface area contributed by atoms with Gasteiger partial charge in [0.25, 0.3) is 15.9 Å². The lowest BCUT2D eigenvalue weighted by molar-refractivity contribution is -0.0629. The molecule has 0 atom stereocenters. The fourth-order valence-electron chi connectivity index (χ4n) is 7.42. The molecule has 2 aromatic rings. The average molecular weight is 497 g/mol. The van der Waals surface area contributed by atoms with Crippen LogP contribution in [0.4, 0.5) is 5.69 Å². The summed E-state index contributed by atoms with van der Waals surface area (Å²) in [6.07, 6.45) is 7.74. The molecule has 8 heteroatoms. The van der Waals surface area contributed by atoms with Crippen molar-refractivity contribution in [3.8, 4) is 11.5 Å². The average Bonchev–Trinajstić information content (AvgIpc) is 2.82. The lowest BCUT2D eigenvalue weighted by atomic mass is 9.49. The Balaban J connectivity index is 1.21. The van der Waals surface area contributed by atoms with E-state index >= 15 is 0 Å². The van der Waals surface area contributed by atoms with E-state index in [0.29, 0.717) is 30.3 Å². The van der Waals surface area contributed by atoms with E-state index in [2.05, 4.69) is 4.72 Å². The molecule has 0 aromatic heterocycles. The van der Waals surface area contributed by atoms with E-state index in [0.717, 1.165) is 24.3 Å². The van der Waals surface area contributed by atoms with Gasteiger partial charge >= 0.3 is 0 Å². The molecule has 1 amide bonds. The third kappa shape index (κ3) is 4.26. The summed E-state index contributed by atoms with van der Waals surface area (Å²) in [4.78, 5) is 15.4. The number of nitrogens with one attached hydrogen (secondary N) is 1. The number of carbonyl (C=O) groups is 1. The number of carbonyl (C=O) groups excluding carboxylic acids is 1. The second-order valence-corrected chi connectivity index (χ2v) is 12.7. The number of rotatable bonds is 6. The summed E-state index contributed by atoms with van der Waals surface area (Å²) in [5, 5.41) is 0. The van der Waals surface area contributed by atoms with Gasteiger partial charge < -0.3 is 14.4 Å². The highest BCUT2D eigenvalue weighted by Gasteiger charge is 2.51. The first-order valence-electron chi connectivity index (χ1n) is 12.6. The first kappa shape index (κ1) is 22.7. The number of hydrogen-bond donors (Lipinski definition) is 1. The molecule has 4 saturated carbocycles. The Labute approximate surface area is 206 Å². The highest BCUT2D eigenvalue weighted by Crippen LogP contribution is 2.60. The van der Waals surface area contributed by atoms with Crippen LogP contribution >= 0.6 is 0 Å². The zero-order valence-electron chi connectivity index (χ0n) is 20.0. The third-order valence-corrected chi connectivity index (χ3v) is 9.67. The molecule has 35 heavy (non-hydrogen) atoms. The molecule has 0 unspecified atom stereocenters. The monoisotopic (exact) mass is 496 g/mol. The lowest BCUT2D eigenvalue weighted by Crippen LogP contribution is -2.51. The fraction of sp³-hybridized carbons (Fsp3) is 0.519. The molecule has 7 nitrogen and oxygen atoms in total. The summed E-state index contributed by atoms with van der Waals surface area (Å²) in [6, 6.07) is 11.4. The molecule has 4 bridgehead atoms. The number of anilines is 1. The molecule has 186 valence electrons. The van der Waals surface area contributed by atoms with Gasteiger partial charge in [-0.05, 0) is 86.0 Å². The van der Waals surface area contributed by atoms with E-state index in [1.165, 1.54) is 50.7 Å². The Kier molecular flexibility index (Phi) is 5.47. The zero-order chi connectivity index (χ0) is 24.2. The quantitative estimate of drug-likeness (QED) is 0.634. The lowest BCUT2D eigenvalue weighted by Gasteiger charge is -2.57. The van der Waals surface area contributed by atoms with Crippen molar-refractivity contribution in [2.75, 3.05) is 31.5 Å². The Morgan fingerprint density at radius 1 is 0.971 bits per heavy atom. The van der Waals surface area contributed by atoms with Crippen LogP contribution in [0.15, 0.2) is 47.4 Å². The van der Waals surface area contributed by atoms with Crippen LogP contribution in [0.1, 0.15) is 48.9 Å². The number of hydrogen-bond acceptors (Lipinski definition) is 5. The minimum absolute atomic E-state index is 0.0610. The molecule has 0 radical (unpaired) electrons. The normalized spacial score (nSPS) is 28.5. The van der Waals surface area contributed by atoms with Gasteiger partial charge in [-0.1, -0.05) is 12.1 Å². The van der Waals surface area contributed by atoms with Crippen molar-refractivity contribution < 1.29 is 22.7 Å². The Bertz CT molecular complexity index is 1220. The molecule has 1 N–H and O–H groups in total. The minimum Gasteiger partial charge on any atom is -0.486 e. The largest absolute Gasteiger partial charge is 0.486 e. The predicted molar refractivity (Wildman–Crippen MR) is 132 cm³/mol. The highest BCUT2D eigenvalue weighted by molar-refractivity contribution is 7.92. The Morgan fingerprint density at radius 2 is 1.60 bits per heavy atom. The molecule has 0 saturated heterocycles. The molecule has 4 aliphatic carbocycles. The number of ether oxygens (including phenoxy) is 2. The van der Waals surface area contributed by atoms with Crippen LogP contribution in [-0.2, 0) is 10.0 Å². The van der Waals surface area contributed by atoms with Crippen LogP contribution in [0.2, 0.25) is 0 Å². The van der Waals surface area contributed by atoms with E-state index in [9.17, 15) is 13.2 Å². The van der Waals surface area contributed by atoms with Crippen LogP contribution in [0.5, 0.6) is 11.5 Å². The van der Waals surface area contributed by atoms with Crippen LogP contribution in [0.25, 0.3) is 0 Å². The van der Waals surface area contributed by atoms with Gasteiger partial charge in [-0.25, -0.2) is 8.42 Å². The van der Waals surface area contributed by atoms with Gasteiger partial charge in [0.1, 0.15) is 13.2 Å². The molecule has 1 heterocycles. The second-order valence-electron chi connectivity index (χ2n) is 11.0. The Morgan fingerprint density at radius 3 is 2.29 bits per heavy atom. The summed E-state index contributed by atoms with van der Waals surface area (Å²) in [6.45, 7) is 1.54. The Hall–Kier alpha value is -2.74. The molecule has 2 aromatic carbocycles. The van der Waals surface area contributed by atoms with Crippen LogP contribution < -0.4 is 14.2 Å². The standard InChI is InChI=1S/C27H32N2O5S/c1-29(17-27-14-18-10-19(15-27)12-20(11-18)16-27)26(30)22-4-2-3-5-23(22)28-35(31,32)21-6-7-24-25(13-21)34-9-8-33-24/h2-7,13,18-20,28H,8-12,14-17H2,1H3. The van der Waals surface area contributed by atoms with Crippen molar-refractivity contribution in [2.24, 2.45) is 23.2 Å². The summed E-state index contributed by atoms with van der Waals surface area (Å²) >= 11 is 0. The van der Waals surface area contributed by atoms with Crippen molar-refractivity contribution in [1.29, 1.82) is 0 Å². The fourth-order valence-corrected chi connectivity index (χ4v) is 8.51. The molecule has 7 rings (SSSR count). The smallest absolute Gasteiger partial charge is 0.262 e. The van der Waals surface area contributed by atoms with Crippen LogP contribution in [0, 0.1) is 23.2 Å². The van der Waals surface area contributed by atoms with Gasteiger partial charge in [-0.15, -0.1) is 0 Å². The topological polar surface area (TPSA) is 84.9 Å². The SMILES string of the molecule is CN(CC12CC3CC(CC(C3)C1)C2)C(=O)c1ccccc1NS(=O)(=O)c1ccc2c(c1)OCCO2. The van der Waals surface area contributed by atoms with Crippen molar-refractivity contribution >= 4 is 21.6 Å². The number of fused-ring (bicyclic) bond motifs is 1. The maximum atomic E-state index is 13.6. The number of sulfonamides is 1. The first-order chi connectivity index (χ1) is 16.8. The summed E-state index contributed by atoms with van der Waals surface area (Å²) in [5.74, 6) is 3.22. The maximum absolute atomic E-state index is 13.6. The van der Waals surface area contributed by atoms with Gasteiger partial charge in [0.2, 0.25) is 0 Å². The second kappa shape index (κ2) is 8.43. The first-order valence-corrected chi connectivity index (χ1v) is 14.1. The van der Waals surface area contributed by atoms with Crippen LogP contribution in [0.3, 0.4) is 0 Å². The molecule has 1 aliphatic heterocycles. The van der Waals surface area contributed by atoms with Crippen molar-refractivity contribution in [1.82, 2.24) is 4.90 Å². The van der Waals surface area contributed by atoms with Gasteiger partial charge in [0, 0.05) is 19.7 Å². The number of para-hydroxylation sites is 1. The van der Waals surface area contributed by atoms with E-state index in [4.69, 9.17) is 9.47 Å².